The molecule has 2 nitrogen and oxygen atoms in total. The van der Waals surface area contributed by atoms with Gasteiger partial charge in [0.2, 0.25) is 0 Å². The third kappa shape index (κ3) is 4.16. The van der Waals surface area contributed by atoms with E-state index < -0.39 is 0 Å². The summed E-state index contributed by atoms with van der Waals surface area (Å²) in [4.78, 5) is 0. The third-order valence-electron chi connectivity index (χ3n) is 2.90. The molecule has 3 N–H and O–H groups in total. The predicted molar refractivity (Wildman–Crippen MR) is 92.1 cm³/mol. The predicted octanol–water partition coefficient (Wildman–Crippen LogP) is 4.45. The monoisotopic (exact) mass is 450 g/mol. The molecule has 2 rings (SSSR count). The van der Waals surface area contributed by atoms with Gasteiger partial charge in [0.05, 0.1) is 11.1 Å². The highest BCUT2D eigenvalue weighted by atomic mass is 127. The number of benzene rings is 2. The third-order valence-corrected chi connectivity index (χ3v) is 4.85. The van der Waals surface area contributed by atoms with Crippen LogP contribution in [0.1, 0.15) is 17.2 Å². The van der Waals surface area contributed by atoms with Gasteiger partial charge in [-0.25, -0.2) is 0 Å². The van der Waals surface area contributed by atoms with E-state index >= 15 is 0 Å². The van der Waals surface area contributed by atoms with E-state index in [0.717, 1.165) is 16.5 Å². The Hall–Kier alpha value is -0.140. The molecule has 0 aliphatic heterocycles. The lowest BCUT2D eigenvalue weighted by molar-refractivity contribution is 0.552. The fraction of sp³-hybridized carbons (Fsp3) is 0.143. The van der Waals surface area contributed by atoms with Crippen LogP contribution in [0.3, 0.4) is 0 Å². The second-order valence-electron chi connectivity index (χ2n) is 4.22. The van der Waals surface area contributed by atoms with Crippen LogP contribution >= 0.6 is 50.1 Å². The maximum atomic E-state index is 6.12. The standard InChI is InChI=1S/C14H13BrClIN2/c15-12-6-3-10(8-13(12)16)14(19-18)7-9-1-4-11(17)5-2-9/h1-6,8,14,19H,7,18H2. The summed E-state index contributed by atoms with van der Waals surface area (Å²) >= 11 is 11.8. The summed E-state index contributed by atoms with van der Waals surface area (Å²) in [5.74, 6) is 5.66. The number of rotatable bonds is 4. The molecular weight excluding hydrogens is 438 g/mol. The minimum atomic E-state index is 0.0469. The highest BCUT2D eigenvalue weighted by Gasteiger charge is 2.12. The van der Waals surface area contributed by atoms with E-state index in [-0.39, 0.29) is 6.04 Å². The van der Waals surface area contributed by atoms with Gasteiger partial charge in [-0.15, -0.1) is 0 Å². The van der Waals surface area contributed by atoms with Gasteiger partial charge in [-0.05, 0) is 80.3 Å². The summed E-state index contributed by atoms with van der Waals surface area (Å²) in [6.07, 6.45) is 0.825. The number of nitrogens with two attached hydrogens (primary N) is 1. The molecule has 0 fully saturated rings. The molecule has 100 valence electrons. The van der Waals surface area contributed by atoms with Crippen molar-refractivity contribution in [3.63, 3.8) is 0 Å². The SMILES string of the molecule is NNC(Cc1ccc(I)cc1)c1ccc(Br)c(Cl)c1. The Balaban J connectivity index is 2.19. The molecule has 0 heterocycles. The van der Waals surface area contributed by atoms with E-state index in [1.165, 1.54) is 9.13 Å². The first-order valence-corrected chi connectivity index (χ1v) is 8.00. The quantitative estimate of drug-likeness (QED) is 0.409. The first-order chi connectivity index (χ1) is 9.10. The van der Waals surface area contributed by atoms with E-state index in [9.17, 15) is 0 Å². The molecule has 0 aliphatic carbocycles. The van der Waals surface area contributed by atoms with Gasteiger partial charge in [-0.1, -0.05) is 29.8 Å². The molecule has 0 aromatic heterocycles. The number of halogens is 3. The smallest absolute Gasteiger partial charge is 0.0551 e. The number of hydrazine groups is 1. The fourth-order valence-electron chi connectivity index (χ4n) is 1.86. The summed E-state index contributed by atoms with van der Waals surface area (Å²) in [7, 11) is 0. The van der Waals surface area contributed by atoms with Crippen molar-refractivity contribution in [2.24, 2.45) is 5.84 Å². The summed E-state index contributed by atoms with van der Waals surface area (Å²) in [6.45, 7) is 0. The van der Waals surface area contributed by atoms with Gasteiger partial charge >= 0.3 is 0 Å². The average Bonchev–Trinajstić information content (AvgIpc) is 2.41. The maximum Gasteiger partial charge on any atom is 0.0551 e. The molecule has 19 heavy (non-hydrogen) atoms. The van der Waals surface area contributed by atoms with Crippen LogP contribution in [0.4, 0.5) is 0 Å². The van der Waals surface area contributed by atoms with Crippen molar-refractivity contribution in [2.75, 3.05) is 0 Å². The van der Waals surface area contributed by atoms with Crippen LogP contribution in [0.15, 0.2) is 46.9 Å². The fourth-order valence-corrected chi connectivity index (χ4v) is 2.65. The van der Waals surface area contributed by atoms with Gasteiger partial charge < -0.3 is 0 Å². The van der Waals surface area contributed by atoms with Crippen LogP contribution in [0.5, 0.6) is 0 Å². The molecule has 0 saturated carbocycles. The Labute approximate surface area is 140 Å². The van der Waals surface area contributed by atoms with Crippen LogP contribution in [0, 0.1) is 3.57 Å². The van der Waals surface area contributed by atoms with Crippen molar-refractivity contribution in [2.45, 2.75) is 12.5 Å². The van der Waals surface area contributed by atoms with Gasteiger partial charge in [0.25, 0.3) is 0 Å². The molecule has 0 bridgehead atoms. The number of hydrogen-bond acceptors (Lipinski definition) is 2. The van der Waals surface area contributed by atoms with Gasteiger partial charge in [0.15, 0.2) is 0 Å². The maximum absolute atomic E-state index is 6.12. The van der Waals surface area contributed by atoms with Crippen LogP contribution in [0.2, 0.25) is 5.02 Å². The first-order valence-electron chi connectivity index (χ1n) is 5.75. The van der Waals surface area contributed by atoms with Gasteiger partial charge in [0.1, 0.15) is 0 Å². The number of hydrogen-bond donors (Lipinski definition) is 2. The van der Waals surface area contributed by atoms with E-state index in [1.54, 1.807) is 0 Å². The van der Waals surface area contributed by atoms with E-state index in [4.69, 9.17) is 17.4 Å². The van der Waals surface area contributed by atoms with E-state index in [1.807, 2.05) is 18.2 Å². The van der Waals surface area contributed by atoms with Gasteiger partial charge in [0, 0.05) is 8.04 Å². The van der Waals surface area contributed by atoms with Crippen molar-refractivity contribution < 1.29 is 0 Å². The largest absolute Gasteiger partial charge is 0.271 e. The van der Waals surface area contributed by atoms with Gasteiger partial charge in [-0.3, -0.25) is 11.3 Å². The second-order valence-corrected chi connectivity index (χ2v) is 6.73. The lowest BCUT2D eigenvalue weighted by Crippen LogP contribution is -2.29. The molecule has 2 aromatic carbocycles. The summed E-state index contributed by atoms with van der Waals surface area (Å²) < 4.78 is 2.12. The normalized spacial score (nSPS) is 12.4. The Kier molecular flexibility index (Phi) is 5.65. The zero-order chi connectivity index (χ0) is 13.8. The summed E-state index contributed by atoms with van der Waals surface area (Å²) in [5, 5.41) is 0.695. The number of nitrogens with one attached hydrogen (secondary N) is 1. The lowest BCUT2D eigenvalue weighted by Gasteiger charge is -2.17. The molecule has 2 aromatic rings. The van der Waals surface area contributed by atoms with E-state index in [0.29, 0.717) is 5.02 Å². The van der Waals surface area contributed by atoms with E-state index in [2.05, 4.69) is 68.2 Å². The summed E-state index contributed by atoms with van der Waals surface area (Å²) in [6, 6.07) is 14.4. The molecule has 0 aliphatic rings. The second kappa shape index (κ2) is 7.04. The van der Waals surface area contributed by atoms with Crippen LogP contribution in [-0.2, 0) is 6.42 Å². The first kappa shape index (κ1) is 15.3. The zero-order valence-corrected chi connectivity index (χ0v) is 14.5. The molecule has 0 radical (unpaired) electrons. The van der Waals surface area contributed by atoms with Crippen molar-refractivity contribution in [3.8, 4) is 0 Å². The van der Waals surface area contributed by atoms with Crippen LogP contribution in [0.25, 0.3) is 0 Å². The highest BCUT2D eigenvalue weighted by molar-refractivity contribution is 14.1. The molecule has 0 amide bonds. The molecule has 1 atom stereocenters. The zero-order valence-electron chi connectivity index (χ0n) is 10.0. The average molecular weight is 452 g/mol. The van der Waals surface area contributed by atoms with Crippen LogP contribution < -0.4 is 11.3 Å². The van der Waals surface area contributed by atoms with Crippen molar-refractivity contribution in [3.05, 3.63) is 66.7 Å². The molecule has 0 spiro atoms. The van der Waals surface area contributed by atoms with Crippen molar-refractivity contribution in [1.82, 2.24) is 5.43 Å². The van der Waals surface area contributed by atoms with Gasteiger partial charge in [-0.2, -0.15) is 0 Å². The lowest BCUT2D eigenvalue weighted by atomic mass is 9.99. The Morgan fingerprint density at radius 3 is 2.47 bits per heavy atom. The molecule has 0 saturated heterocycles. The Morgan fingerprint density at radius 1 is 1.21 bits per heavy atom. The Morgan fingerprint density at radius 2 is 1.89 bits per heavy atom. The Bertz CT molecular complexity index is 560. The van der Waals surface area contributed by atoms with Crippen LogP contribution in [-0.4, -0.2) is 0 Å². The summed E-state index contributed by atoms with van der Waals surface area (Å²) in [5.41, 5.74) is 5.17. The van der Waals surface area contributed by atoms with Crippen molar-refractivity contribution >= 4 is 50.1 Å². The minimum absolute atomic E-state index is 0.0469. The minimum Gasteiger partial charge on any atom is -0.271 e. The molecule has 1 unspecified atom stereocenters. The molecule has 5 heteroatoms. The van der Waals surface area contributed by atoms with Crippen molar-refractivity contribution in [1.29, 1.82) is 0 Å². The topological polar surface area (TPSA) is 38.0 Å². The molecular formula is C14H13BrClIN2. The highest BCUT2D eigenvalue weighted by Crippen LogP contribution is 2.27.